The van der Waals surface area contributed by atoms with E-state index < -0.39 is 18.1 Å². The van der Waals surface area contributed by atoms with Crippen LogP contribution >= 0.6 is 0 Å². The maximum atomic E-state index is 12.5. The molecule has 2 unspecified atom stereocenters. The molecule has 29 heavy (non-hydrogen) atoms. The van der Waals surface area contributed by atoms with E-state index in [4.69, 9.17) is 9.57 Å². The number of alkyl halides is 3. The first-order chi connectivity index (χ1) is 13.8. The largest absolute Gasteiger partial charge is 0.471 e. The molecule has 2 atom stereocenters. The molecular weight excluding hydrogens is 393 g/mol. The second-order valence-corrected chi connectivity index (χ2v) is 6.42. The van der Waals surface area contributed by atoms with Gasteiger partial charge in [-0.15, -0.1) is 0 Å². The van der Waals surface area contributed by atoms with Gasteiger partial charge in [0.05, 0.1) is 18.9 Å². The lowest BCUT2D eigenvalue weighted by atomic mass is 10.1. The Hall–Kier alpha value is -2.95. The van der Waals surface area contributed by atoms with Crippen molar-refractivity contribution in [2.24, 2.45) is 5.16 Å². The molecule has 1 N–H and O–H groups in total. The first-order valence-electron chi connectivity index (χ1n) is 8.96. The highest BCUT2D eigenvalue weighted by Crippen LogP contribution is 2.29. The van der Waals surface area contributed by atoms with Crippen molar-refractivity contribution in [1.29, 1.82) is 0 Å². The summed E-state index contributed by atoms with van der Waals surface area (Å²) in [4.78, 5) is 20.8. The van der Waals surface area contributed by atoms with Crippen molar-refractivity contribution < 1.29 is 32.1 Å². The lowest BCUT2D eigenvalue weighted by Crippen LogP contribution is -2.33. The Bertz CT molecular complexity index is 846. The number of benzene rings is 1. The first kappa shape index (κ1) is 20.8. The van der Waals surface area contributed by atoms with Gasteiger partial charge in [0, 0.05) is 17.5 Å². The maximum Gasteiger partial charge on any atom is 0.471 e. The number of carbonyl (C=O) groups is 1. The molecule has 0 radical (unpaired) electrons. The predicted molar refractivity (Wildman–Crippen MR) is 94.8 cm³/mol. The minimum Gasteiger partial charge on any atom is -0.364 e. The van der Waals surface area contributed by atoms with E-state index in [1.165, 1.54) is 30.5 Å². The molecule has 1 amide bonds. The molecule has 1 aromatic carbocycles. The molecule has 1 saturated heterocycles. The number of aromatic nitrogens is 2. The van der Waals surface area contributed by atoms with E-state index in [1.807, 2.05) is 0 Å². The zero-order chi connectivity index (χ0) is 20.9. The van der Waals surface area contributed by atoms with Crippen LogP contribution in [-0.4, -0.2) is 41.2 Å². The Morgan fingerprint density at radius 3 is 2.72 bits per heavy atom. The number of rotatable bonds is 6. The number of hydrogen-bond acceptors (Lipinski definition) is 7. The number of amides is 1. The summed E-state index contributed by atoms with van der Waals surface area (Å²) in [6.07, 6.45) is -0.833. The van der Waals surface area contributed by atoms with Crippen molar-refractivity contribution in [2.75, 3.05) is 6.61 Å². The van der Waals surface area contributed by atoms with Crippen LogP contribution in [0, 0.1) is 0 Å². The summed E-state index contributed by atoms with van der Waals surface area (Å²) in [6.45, 7) is 2.36. The van der Waals surface area contributed by atoms with Gasteiger partial charge in [0.15, 0.2) is 0 Å². The van der Waals surface area contributed by atoms with Crippen molar-refractivity contribution in [3.63, 3.8) is 0 Å². The third kappa shape index (κ3) is 5.76. The summed E-state index contributed by atoms with van der Waals surface area (Å²) in [5, 5.41) is 9.84. The van der Waals surface area contributed by atoms with Crippen LogP contribution < -0.4 is 5.32 Å². The standard InChI is InChI=1S/C18H19F3N4O4/c1-11(10-22-28-14-4-2-3-9-27-14)23-16(26)13-7-5-12(6-8-13)15-24-17(29-25-15)18(19,20)21/h5-8,10-11,14H,2-4,9H2,1H3,(H,23,26). The van der Waals surface area contributed by atoms with E-state index >= 15 is 0 Å². The Balaban J connectivity index is 1.53. The molecular formula is C18H19F3N4O4. The van der Waals surface area contributed by atoms with Gasteiger partial charge in [0.25, 0.3) is 5.91 Å². The van der Waals surface area contributed by atoms with Gasteiger partial charge in [-0.2, -0.15) is 18.2 Å². The molecule has 0 spiro atoms. The fourth-order valence-corrected chi connectivity index (χ4v) is 2.54. The van der Waals surface area contributed by atoms with Crippen LogP contribution in [0.5, 0.6) is 0 Å². The monoisotopic (exact) mass is 412 g/mol. The average Bonchev–Trinajstić information content (AvgIpc) is 3.20. The summed E-state index contributed by atoms with van der Waals surface area (Å²) >= 11 is 0. The number of halogens is 3. The van der Waals surface area contributed by atoms with Gasteiger partial charge in [-0.3, -0.25) is 4.79 Å². The third-order valence-corrected chi connectivity index (χ3v) is 4.03. The molecule has 0 saturated carbocycles. The van der Waals surface area contributed by atoms with Crippen LogP contribution in [0.25, 0.3) is 11.4 Å². The zero-order valence-electron chi connectivity index (χ0n) is 15.5. The van der Waals surface area contributed by atoms with Crippen LogP contribution in [0.1, 0.15) is 42.4 Å². The fraction of sp³-hybridized carbons (Fsp3) is 0.444. The molecule has 11 heteroatoms. The number of oxime groups is 1. The second-order valence-electron chi connectivity index (χ2n) is 6.42. The molecule has 0 aliphatic carbocycles. The fourth-order valence-electron chi connectivity index (χ4n) is 2.54. The zero-order valence-corrected chi connectivity index (χ0v) is 15.5. The predicted octanol–water partition coefficient (Wildman–Crippen LogP) is 3.40. The lowest BCUT2D eigenvalue weighted by molar-refractivity contribution is -0.162. The van der Waals surface area contributed by atoms with Gasteiger partial charge in [-0.25, -0.2) is 0 Å². The molecule has 1 fully saturated rings. The van der Waals surface area contributed by atoms with Crippen molar-refractivity contribution >= 4 is 12.1 Å². The molecule has 1 aliphatic rings. The Morgan fingerprint density at radius 2 is 2.10 bits per heavy atom. The third-order valence-electron chi connectivity index (χ3n) is 4.03. The van der Waals surface area contributed by atoms with Crippen LogP contribution in [0.3, 0.4) is 0 Å². The normalized spacial score (nSPS) is 18.6. The van der Waals surface area contributed by atoms with Gasteiger partial charge >= 0.3 is 12.1 Å². The van der Waals surface area contributed by atoms with E-state index in [2.05, 4.69) is 25.1 Å². The Labute approximate surface area is 164 Å². The number of carbonyl (C=O) groups excluding carboxylic acids is 1. The van der Waals surface area contributed by atoms with Gasteiger partial charge < -0.3 is 19.4 Å². The Kier molecular flexibility index (Phi) is 6.47. The van der Waals surface area contributed by atoms with Crippen LogP contribution in [0.2, 0.25) is 0 Å². The van der Waals surface area contributed by atoms with E-state index in [9.17, 15) is 18.0 Å². The van der Waals surface area contributed by atoms with Gasteiger partial charge in [-0.1, -0.05) is 22.4 Å². The van der Waals surface area contributed by atoms with Crippen LogP contribution in [0.4, 0.5) is 13.2 Å². The Morgan fingerprint density at radius 1 is 1.34 bits per heavy atom. The van der Waals surface area contributed by atoms with Crippen molar-refractivity contribution in [2.45, 2.75) is 44.7 Å². The highest BCUT2D eigenvalue weighted by atomic mass is 19.4. The summed E-state index contributed by atoms with van der Waals surface area (Å²) in [6, 6.07) is 5.36. The van der Waals surface area contributed by atoms with E-state index in [0.29, 0.717) is 12.2 Å². The quantitative estimate of drug-likeness (QED) is 0.577. The SMILES string of the molecule is CC(C=NOC1CCCCO1)NC(=O)c1ccc(-c2noc(C(F)(F)F)n2)cc1. The molecule has 0 bridgehead atoms. The molecule has 2 heterocycles. The second kappa shape index (κ2) is 9.03. The van der Waals surface area contributed by atoms with Gasteiger partial charge in [0.1, 0.15) is 0 Å². The minimum atomic E-state index is -4.71. The molecule has 1 aromatic heterocycles. The average molecular weight is 412 g/mol. The van der Waals surface area contributed by atoms with Crippen molar-refractivity contribution in [3.8, 4) is 11.4 Å². The molecule has 2 aromatic rings. The molecule has 8 nitrogen and oxygen atoms in total. The number of nitrogens with one attached hydrogen (secondary N) is 1. The van der Waals surface area contributed by atoms with Gasteiger partial charge in [0.2, 0.25) is 12.1 Å². The van der Waals surface area contributed by atoms with Crippen LogP contribution in [0.15, 0.2) is 33.9 Å². The smallest absolute Gasteiger partial charge is 0.364 e. The summed E-state index contributed by atoms with van der Waals surface area (Å²) in [5.41, 5.74) is 0.598. The maximum absolute atomic E-state index is 12.5. The molecule has 1 aliphatic heterocycles. The van der Waals surface area contributed by atoms with Crippen LogP contribution in [-0.2, 0) is 15.8 Å². The highest BCUT2D eigenvalue weighted by molar-refractivity contribution is 5.96. The molecule has 156 valence electrons. The minimum absolute atomic E-state index is 0.216. The van der Waals surface area contributed by atoms with Gasteiger partial charge in [-0.05, 0) is 31.9 Å². The number of hydrogen-bond donors (Lipinski definition) is 1. The highest BCUT2D eigenvalue weighted by Gasteiger charge is 2.38. The number of ether oxygens (including phenoxy) is 1. The van der Waals surface area contributed by atoms with E-state index in [1.54, 1.807) is 6.92 Å². The van der Waals surface area contributed by atoms with E-state index in [0.717, 1.165) is 19.3 Å². The summed E-state index contributed by atoms with van der Waals surface area (Å²) < 4.78 is 47.2. The summed E-state index contributed by atoms with van der Waals surface area (Å²) in [5.74, 6) is -2.02. The number of nitrogens with zero attached hydrogens (tertiary/aromatic N) is 3. The van der Waals surface area contributed by atoms with Crippen molar-refractivity contribution in [3.05, 3.63) is 35.7 Å². The van der Waals surface area contributed by atoms with Crippen molar-refractivity contribution in [1.82, 2.24) is 15.5 Å². The summed E-state index contributed by atoms with van der Waals surface area (Å²) in [7, 11) is 0. The lowest BCUT2D eigenvalue weighted by Gasteiger charge is -2.20. The molecule has 3 rings (SSSR count). The first-order valence-corrected chi connectivity index (χ1v) is 8.96. The topological polar surface area (TPSA) is 98.8 Å². The van der Waals surface area contributed by atoms with E-state index in [-0.39, 0.29) is 23.6 Å².